The van der Waals surface area contributed by atoms with Crippen LogP contribution >= 0.6 is 0 Å². The van der Waals surface area contributed by atoms with Gasteiger partial charge in [0.15, 0.2) is 0 Å². The molecule has 2 aliphatic rings. The minimum absolute atomic E-state index is 0.0617. The van der Waals surface area contributed by atoms with Crippen molar-refractivity contribution < 1.29 is 52.6 Å². The number of esters is 1. The van der Waals surface area contributed by atoms with Crippen molar-refractivity contribution in [3.63, 3.8) is 0 Å². The van der Waals surface area contributed by atoms with Gasteiger partial charge < -0.3 is 46.1 Å². The van der Waals surface area contributed by atoms with E-state index in [0.29, 0.717) is 19.3 Å². The zero-order valence-corrected chi connectivity index (χ0v) is 34.7. The third-order valence-electron chi connectivity index (χ3n) is 9.16. The number of nitrogens with one attached hydrogen (secondary N) is 4. The van der Waals surface area contributed by atoms with Gasteiger partial charge in [0.1, 0.15) is 23.7 Å². The molecular weight excluding hydrogens is 728 g/mol. The Kier molecular flexibility index (Phi) is 18.7. The largest absolute Gasteiger partial charge is 0.460 e. The van der Waals surface area contributed by atoms with E-state index < -0.39 is 95.4 Å². The first-order valence-electron chi connectivity index (χ1n) is 19.9. The van der Waals surface area contributed by atoms with E-state index in [1.165, 1.54) is 4.90 Å². The number of carbonyl (C=O) groups is 8. The van der Waals surface area contributed by atoms with Gasteiger partial charge in [-0.3, -0.25) is 33.6 Å². The first-order valence-corrected chi connectivity index (χ1v) is 19.9. The van der Waals surface area contributed by atoms with Crippen LogP contribution in [0.15, 0.2) is 0 Å². The molecule has 1 aliphatic carbocycles. The summed E-state index contributed by atoms with van der Waals surface area (Å²) < 4.78 is 16.8. The van der Waals surface area contributed by atoms with Crippen molar-refractivity contribution in [2.45, 2.75) is 168 Å². The fraction of sp³-hybridized carbons (Fsp3) is 0.795. The number of rotatable bonds is 19. The van der Waals surface area contributed by atoms with E-state index >= 15 is 0 Å². The Hall–Kier alpha value is -4.28. The zero-order chi connectivity index (χ0) is 42.4. The number of hydrogen-bond donors (Lipinski definition) is 5. The molecule has 2 rings (SSSR count). The number of carbonyl (C=O) groups excluding carboxylic acids is 8. The average molecular weight is 795 g/mol. The second kappa shape index (κ2) is 21.9. The molecule has 56 heavy (non-hydrogen) atoms. The van der Waals surface area contributed by atoms with Gasteiger partial charge in [-0.25, -0.2) is 4.79 Å². The summed E-state index contributed by atoms with van der Waals surface area (Å²) in [6.45, 7) is 15.7. The minimum atomic E-state index is -1.29. The summed E-state index contributed by atoms with van der Waals surface area (Å²) in [5, 5.41) is 10.0. The van der Waals surface area contributed by atoms with Crippen molar-refractivity contribution in [1.82, 2.24) is 26.2 Å². The van der Waals surface area contributed by atoms with E-state index in [2.05, 4.69) is 21.3 Å². The number of amides is 6. The summed E-state index contributed by atoms with van der Waals surface area (Å²) >= 11 is 0. The topological polar surface area (TPSA) is 242 Å². The maximum atomic E-state index is 14.4. The average Bonchev–Trinajstić information content (AvgIpc) is 3.51. The number of ether oxygens (including phenoxy) is 3. The molecule has 0 spiro atoms. The van der Waals surface area contributed by atoms with Crippen molar-refractivity contribution >= 4 is 47.4 Å². The Morgan fingerprint density at radius 2 is 1.48 bits per heavy atom. The normalized spacial score (nSPS) is 19.3. The molecule has 1 saturated heterocycles. The quantitative estimate of drug-likeness (QED) is 0.0938. The molecule has 5 unspecified atom stereocenters. The Labute approximate surface area is 331 Å². The number of ketones is 1. The van der Waals surface area contributed by atoms with Crippen molar-refractivity contribution in [3.05, 3.63) is 0 Å². The number of nitrogens with two attached hydrogens (primary N) is 1. The fourth-order valence-corrected chi connectivity index (χ4v) is 6.73. The Bertz CT molecular complexity index is 1400. The third kappa shape index (κ3) is 16.8. The van der Waals surface area contributed by atoms with E-state index in [9.17, 15) is 38.4 Å². The Morgan fingerprint density at radius 3 is 2.04 bits per heavy atom. The highest BCUT2D eigenvalue weighted by molar-refractivity contribution is 6.38. The van der Waals surface area contributed by atoms with E-state index in [0.717, 1.165) is 19.3 Å². The second-order valence-electron chi connectivity index (χ2n) is 17.2. The zero-order valence-electron chi connectivity index (χ0n) is 34.7. The van der Waals surface area contributed by atoms with Gasteiger partial charge in [0, 0.05) is 19.4 Å². The van der Waals surface area contributed by atoms with Gasteiger partial charge in [-0.1, -0.05) is 46.5 Å². The predicted molar refractivity (Wildman–Crippen MR) is 205 cm³/mol. The van der Waals surface area contributed by atoms with Crippen molar-refractivity contribution in [1.29, 1.82) is 0 Å². The standard InChI is InChI=1S/C39H66N6O11/c1-10-14-26(32(48)35(51)41-20-29(46)42-27(33(40)49)17-18-30(47)56-39(7,8)9)43-34(50)28-19-25(55-38(4,5)6)21-45(28)36(52)31(24-15-12-11-13-16-24)44-37(53)54-22-23(2)3/h23-28,31H,10-22H2,1-9H3,(H2,40,49)(H,41,51)(H,42,46)(H,43,50)(H,44,53). The third-order valence-corrected chi connectivity index (χ3v) is 9.16. The van der Waals surface area contributed by atoms with Gasteiger partial charge in [-0.2, -0.15) is 0 Å². The van der Waals surface area contributed by atoms with E-state index in [4.69, 9.17) is 19.9 Å². The molecule has 1 aliphatic heterocycles. The molecule has 0 bridgehead atoms. The van der Waals surface area contributed by atoms with Crippen molar-refractivity contribution in [2.75, 3.05) is 19.7 Å². The van der Waals surface area contributed by atoms with Gasteiger partial charge in [0.2, 0.25) is 29.4 Å². The number of alkyl carbamates (subject to hydrolysis) is 1. The van der Waals surface area contributed by atoms with Crippen LogP contribution in [0.25, 0.3) is 0 Å². The first kappa shape index (κ1) is 47.9. The van der Waals surface area contributed by atoms with Gasteiger partial charge in [-0.15, -0.1) is 0 Å². The second-order valence-corrected chi connectivity index (χ2v) is 17.2. The minimum Gasteiger partial charge on any atom is -0.460 e. The molecule has 17 heteroatoms. The highest BCUT2D eigenvalue weighted by atomic mass is 16.6. The van der Waals surface area contributed by atoms with E-state index in [-0.39, 0.29) is 50.7 Å². The van der Waals surface area contributed by atoms with E-state index in [1.54, 1.807) is 27.7 Å². The summed E-state index contributed by atoms with van der Waals surface area (Å²) in [7, 11) is 0. The van der Waals surface area contributed by atoms with Crippen LogP contribution in [0.2, 0.25) is 0 Å². The van der Waals surface area contributed by atoms with Crippen molar-refractivity contribution in [3.8, 4) is 0 Å². The van der Waals surface area contributed by atoms with Crippen LogP contribution in [0.1, 0.15) is 127 Å². The number of likely N-dealkylation sites (tertiary alicyclic amines) is 1. The molecule has 6 N–H and O–H groups in total. The van der Waals surface area contributed by atoms with Crippen LogP contribution in [0.3, 0.4) is 0 Å². The van der Waals surface area contributed by atoms with Crippen LogP contribution in [0.4, 0.5) is 4.79 Å². The molecule has 2 fully saturated rings. The molecule has 17 nitrogen and oxygen atoms in total. The molecule has 0 aromatic rings. The lowest BCUT2D eigenvalue weighted by Gasteiger charge is -2.34. The highest BCUT2D eigenvalue weighted by Crippen LogP contribution is 2.31. The lowest BCUT2D eigenvalue weighted by atomic mass is 9.83. The van der Waals surface area contributed by atoms with Gasteiger partial charge in [0.25, 0.3) is 5.91 Å². The maximum Gasteiger partial charge on any atom is 0.407 e. The number of nitrogens with zero attached hydrogens (tertiary/aromatic N) is 1. The molecule has 318 valence electrons. The van der Waals surface area contributed by atoms with Crippen LogP contribution in [0.5, 0.6) is 0 Å². The molecule has 0 aromatic heterocycles. The molecule has 0 aromatic carbocycles. The smallest absolute Gasteiger partial charge is 0.407 e. The van der Waals surface area contributed by atoms with Crippen LogP contribution < -0.4 is 27.0 Å². The lowest BCUT2D eigenvalue weighted by molar-refractivity contribution is -0.155. The van der Waals surface area contributed by atoms with Crippen LogP contribution in [-0.4, -0.2) is 113 Å². The molecule has 1 heterocycles. The van der Waals surface area contributed by atoms with Crippen LogP contribution in [0, 0.1) is 11.8 Å². The molecule has 1 saturated carbocycles. The molecule has 6 amide bonds. The summed E-state index contributed by atoms with van der Waals surface area (Å²) in [4.78, 5) is 106. The summed E-state index contributed by atoms with van der Waals surface area (Å²) in [5.74, 6) is -5.73. The Balaban J connectivity index is 2.19. The summed E-state index contributed by atoms with van der Waals surface area (Å²) in [5.41, 5.74) is 4.04. The number of hydrogen-bond acceptors (Lipinski definition) is 11. The number of primary amides is 1. The lowest BCUT2D eigenvalue weighted by Crippen LogP contribution is -2.58. The van der Waals surface area contributed by atoms with Gasteiger partial charge >= 0.3 is 12.1 Å². The SMILES string of the molecule is CCCC(NC(=O)C1CC(OC(C)(C)C)CN1C(=O)C(NC(=O)OCC(C)C)C1CCCCC1)C(=O)C(=O)NCC(=O)NC(CCC(=O)OC(C)(C)C)C(N)=O. The molecule has 5 atom stereocenters. The molecular formula is C39H66N6O11. The van der Waals surface area contributed by atoms with Gasteiger partial charge in [-0.05, 0) is 79.1 Å². The summed E-state index contributed by atoms with van der Waals surface area (Å²) in [6.07, 6.45) is 3.20. The van der Waals surface area contributed by atoms with Crippen LogP contribution in [-0.2, 0) is 47.8 Å². The highest BCUT2D eigenvalue weighted by Gasteiger charge is 2.46. The van der Waals surface area contributed by atoms with Gasteiger partial charge in [0.05, 0.1) is 30.9 Å². The summed E-state index contributed by atoms with van der Waals surface area (Å²) in [6, 6.07) is -4.56. The van der Waals surface area contributed by atoms with E-state index in [1.807, 2.05) is 34.6 Å². The fourth-order valence-electron chi connectivity index (χ4n) is 6.73. The first-order chi connectivity index (χ1) is 26.0. The number of Topliss-reactive ketones (excluding diaryl/α,β-unsaturated/α-hetero) is 1. The monoisotopic (exact) mass is 794 g/mol. The molecule has 0 radical (unpaired) electrons. The Morgan fingerprint density at radius 1 is 0.839 bits per heavy atom. The maximum absolute atomic E-state index is 14.4. The predicted octanol–water partition coefficient (Wildman–Crippen LogP) is 2.16. The van der Waals surface area contributed by atoms with Crippen molar-refractivity contribution in [2.24, 2.45) is 17.6 Å².